The molecule has 0 bridgehead atoms. The Balaban J connectivity index is 2.20. The number of nitriles is 1. The van der Waals surface area contributed by atoms with E-state index in [1.54, 1.807) is 19.1 Å². The van der Waals surface area contributed by atoms with Gasteiger partial charge in [-0.15, -0.1) is 0 Å². The molecule has 0 aromatic heterocycles. The van der Waals surface area contributed by atoms with E-state index in [4.69, 9.17) is 5.26 Å². The number of benzene rings is 2. The number of nitrogens with zero attached hydrogens (tertiary/aromatic N) is 1. The molecular weight excluding hydrogens is 253 g/mol. The normalized spacial score (nSPS) is 11.7. The molecule has 0 saturated carbocycles. The van der Waals surface area contributed by atoms with Crippen LogP contribution in [0.1, 0.15) is 24.8 Å². The van der Waals surface area contributed by atoms with Crippen LogP contribution in [-0.4, -0.2) is 5.78 Å². The van der Waals surface area contributed by atoms with Crippen molar-refractivity contribution in [2.75, 3.05) is 0 Å². The van der Waals surface area contributed by atoms with Crippen molar-refractivity contribution in [1.29, 1.82) is 5.26 Å². The van der Waals surface area contributed by atoms with Crippen molar-refractivity contribution in [3.63, 3.8) is 0 Å². The van der Waals surface area contributed by atoms with Gasteiger partial charge in [0, 0.05) is 5.92 Å². The van der Waals surface area contributed by atoms with E-state index >= 15 is 0 Å². The lowest BCUT2D eigenvalue weighted by molar-refractivity contribution is -0.119. The molecule has 0 aliphatic heterocycles. The standard InChI is InChI=1S/C17H14FNO/c1-12(17(20)10-11-19)13-2-4-14(5-3-13)15-6-8-16(18)9-7-15/h2-9,12H,10H2,1H3. The molecule has 0 spiro atoms. The van der Waals surface area contributed by atoms with Gasteiger partial charge in [-0.25, -0.2) is 4.39 Å². The molecule has 20 heavy (non-hydrogen) atoms. The third-order valence-corrected chi connectivity index (χ3v) is 3.32. The predicted molar refractivity (Wildman–Crippen MR) is 75.5 cm³/mol. The molecule has 0 fully saturated rings. The maximum Gasteiger partial charge on any atom is 0.154 e. The van der Waals surface area contributed by atoms with Gasteiger partial charge in [0.15, 0.2) is 5.78 Å². The fraction of sp³-hybridized carbons (Fsp3) is 0.176. The molecule has 1 atom stereocenters. The number of hydrogen-bond acceptors (Lipinski definition) is 2. The lowest BCUT2D eigenvalue weighted by atomic mass is 9.93. The first-order valence-electron chi connectivity index (χ1n) is 6.37. The highest BCUT2D eigenvalue weighted by Gasteiger charge is 2.14. The fourth-order valence-corrected chi connectivity index (χ4v) is 2.02. The zero-order valence-electron chi connectivity index (χ0n) is 11.1. The van der Waals surface area contributed by atoms with Gasteiger partial charge in [-0.2, -0.15) is 5.26 Å². The smallest absolute Gasteiger partial charge is 0.154 e. The highest BCUT2D eigenvalue weighted by atomic mass is 19.1. The molecule has 1 unspecified atom stereocenters. The molecule has 2 aromatic rings. The summed E-state index contributed by atoms with van der Waals surface area (Å²) in [6.45, 7) is 1.80. The van der Waals surface area contributed by atoms with Gasteiger partial charge in [0.1, 0.15) is 5.82 Å². The lowest BCUT2D eigenvalue weighted by Crippen LogP contribution is -2.07. The zero-order chi connectivity index (χ0) is 14.5. The van der Waals surface area contributed by atoms with Crippen LogP contribution in [0.3, 0.4) is 0 Å². The zero-order valence-corrected chi connectivity index (χ0v) is 11.1. The molecule has 0 N–H and O–H groups in total. The molecule has 100 valence electrons. The molecule has 0 aliphatic rings. The third kappa shape index (κ3) is 3.10. The van der Waals surface area contributed by atoms with Gasteiger partial charge in [0.2, 0.25) is 0 Å². The fourth-order valence-electron chi connectivity index (χ4n) is 2.02. The number of hydrogen-bond donors (Lipinski definition) is 0. The molecule has 0 radical (unpaired) electrons. The van der Waals surface area contributed by atoms with Gasteiger partial charge < -0.3 is 0 Å². The molecule has 0 saturated heterocycles. The Kier molecular flexibility index (Phi) is 4.27. The van der Waals surface area contributed by atoms with E-state index in [9.17, 15) is 9.18 Å². The number of halogens is 1. The monoisotopic (exact) mass is 267 g/mol. The van der Waals surface area contributed by atoms with E-state index in [0.29, 0.717) is 0 Å². The highest BCUT2D eigenvalue weighted by Crippen LogP contribution is 2.24. The van der Waals surface area contributed by atoms with Crippen LogP contribution < -0.4 is 0 Å². The highest BCUT2D eigenvalue weighted by molar-refractivity contribution is 5.87. The summed E-state index contributed by atoms with van der Waals surface area (Å²) in [7, 11) is 0. The molecule has 2 nitrogen and oxygen atoms in total. The molecule has 0 amide bonds. The Hall–Kier alpha value is -2.47. The second kappa shape index (κ2) is 6.12. The Morgan fingerprint density at radius 3 is 2.10 bits per heavy atom. The van der Waals surface area contributed by atoms with E-state index in [0.717, 1.165) is 16.7 Å². The second-order valence-corrected chi connectivity index (χ2v) is 4.65. The summed E-state index contributed by atoms with van der Waals surface area (Å²) in [4.78, 5) is 11.7. The van der Waals surface area contributed by atoms with Crippen molar-refractivity contribution in [2.24, 2.45) is 0 Å². The molecule has 2 aromatic carbocycles. The summed E-state index contributed by atoms with van der Waals surface area (Å²) in [6.07, 6.45) is -0.0686. The van der Waals surface area contributed by atoms with Crippen molar-refractivity contribution in [1.82, 2.24) is 0 Å². The minimum atomic E-state index is -0.281. The van der Waals surface area contributed by atoms with Crippen molar-refractivity contribution in [2.45, 2.75) is 19.3 Å². The first-order valence-corrected chi connectivity index (χ1v) is 6.37. The largest absolute Gasteiger partial charge is 0.298 e. The Bertz CT molecular complexity index is 638. The number of Topliss-reactive ketones (excluding diaryl/α,β-unsaturated/α-hetero) is 1. The molecule has 2 rings (SSSR count). The first kappa shape index (κ1) is 14.0. The summed E-state index contributed by atoms with van der Waals surface area (Å²) in [5, 5.41) is 8.55. The Morgan fingerprint density at radius 1 is 1.10 bits per heavy atom. The van der Waals surface area contributed by atoms with Crippen LogP contribution in [0, 0.1) is 17.1 Å². The minimum absolute atomic E-state index is 0.0686. The van der Waals surface area contributed by atoms with Crippen LogP contribution in [0.25, 0.3) is 11.1 Å². The van der Waals surface area contributed by atoms with Crippen molar-refractivity contribution >= 4 is 5.78 Å². The van der Waals surface area contributed by atoms with E-state index in [-0.39, 0.29) is 23.9 Å². The third-order valence-electron chi connectivity index (χ3n) is 3.32. The summed E-state index contributed by atoms with van der Waals surface area (Å²) < 4.78 is 12.9. The average molecular weight is 267 g/mol. The van der Waals surface area contributed by atoms with E-state index < -0.39 is 0 Å². The lowest BCUT2D eigenvalue weighted by Gasteiger charge is -2.10. The van der Waals surface area contributed by atoms with Crippen molar-refractivity contribution < 1.29 is 9.18 Å². The summed E-state index contributed by atoms with van der Waals surface area (Å²) in [6, 6.07) is 15.7. The van der Waals surface area contributed by atoms with Crippen LogP contribution in [0.5, 0.6) is 0 Å². The predicted octanol–water partition coefficient (Wildman–Crippen LogP) is 4.08. The molecule has 3 heteroatoms. The second-order valence-electron chi connectivity index (χ2n) is 4.65. The molecule has 0 aliphatic carbocycles. The summed E-state index contributed by atoms with van der Waals surface area (Å²) in [5.41, 5.74) is 2.78. The van der Waals surface area contributed by atoms with E-state index in [1.807, 2.05) is 30.3 Å². The van der Waals surface area contributed by atoms with Crippen LogP contribution >= 0.6 is 0 Å². The maximum atomic E-state index is 12.9. The van der Waals surface area contributed by atoms with E-state index in [2.05, 4.69) is 0 Å². The number of rotatable bonds is 4. The Labute approximate surface area is 117 Å². The SMILES string of the molecule is CC(C(=O)CC#N)c1ccc(-c2ccc(F)cc2)cc1. The summed E-state index contributed by atoms with van der Waals surface area (Å²) in [5.74, 6) is -0.625. The quantitative estimate of drug-likeness (QED) is 0.837. The van der Waals surface area contributed by atoms with Gasteiger partial charge in [-0.1, -0.05) is 43.3 Å². The molecular formula is C17H14FNO. The number of carbonyl (C=O) groups excluding carboxylic acids is 1. The first-order chi connectivity index (χ1) is 9.61. The van der Waals surface area contributed by atoms with Crippen LogP contribution in [0.2, 0.25) is 0 Å². The average Bonchev–Trinajstić information content (AvgIpc) is 2.48. The van der Waals surface area contributed by atoms with Crippen LogP contribution in [-0.2, 0) is 4.79 Å². The van der Waals surface area contributed by atoms with Gasteiger partial charge in [0.05, 0.1) is 12.5 Å². The topological polar surface area (TPSA) is 40.9 Å². The number of carbonyl (C=O) groups is 1. The van der Waals surface area contributed by atoms with Crippen LogP contribution in [0.15, 0.2) is 48.5 Å². The van der Waals surface area contributed by atoms with Gasteiger partial charge >= 0.3 is 0 Å². The Morgan fingerprint density at radius 2 is 1.60 bits per heavy atom. The maximum absolute atomic E-state index is 12.9. The minimum Gasteiger partial charge on any atom is -0.298 e. The summed E-state index contributed by atoms with van der Waals surface area (Å²) >= 11 is 0. The van der Waals surface area contributed by atoms with Crippen molar-refractivity contribution in [3.05, 3.63) is 59.9 Å². The number of ketones is 1. The molecule has 0 heterocycles. The van der Waals surface area contributed by atoms with E-state index in [1.165, 1.54) is 12.1 Å². The van der Waals surface area contributed by atoms with Gasteiger partial charge in [-0.05, 0) is 28.8 Å². The van der Waals surface area contributed by atoms with Gasteiger partial charge in [0.25, 0.3) is 0 Å². The van der Waals surface area contributed by atoms with Crippen molar-refractivity contribution in [3.8, 4) is 17.2 Å². The van der Waals surface area contributed by atoms with Gasteiger partial charge in [-0.3, -0.25) is 4.79 Å². The van der Waals surface area contributed by atoms with Crippen LogP contribution in [0.4, 0.5) is 4.39 Å².